The smallest absolute Gasteiger partial charge is 0.254 e. The second kappa shape index (κ2) is 6.54. The molecule has 2 aromatic rings. The number of aryl methyl sites for hydroxylation is 2. The summed E-state index contributed by atoms with van der Waals surface area (Å²) in [4.78, 5) is 34.3. The Balaban J connectivity index is 1.50. The van der Waals surface area contributed by atoms with Crippen molar-refractivity contribution in [2.24, 2.45) is 0 Å². The number of halogens is 1. The molecule has 1 atom stereocenters. The number of hydrogen-bond acceptors (Lipinski definition) is 5. The average molecular weight is 377 g/mol. The second-order valence-corrected chi connectivity index (χ2v) is 7.68. The lowest BCUT2D eigenvalue weighted by molar-refractivity contribution is -0.133. The van der Waals surface area contributed by atoms with Gasteiger partial charge in [0, 0.05) is 43.0 Å². The van der Waals surface area contributed by atoms with Crippen LogP contribution in [0.3, 0.4) is 0 Å². The second-order valence-electron chi connectivity index (χ2n) is 7.29. The zero-order chi connectivity index (χ0) is 18.3. The summed E-state index contributed by atoms with van der Waals surface area (Å²) >= 11 is 5.74. The summed E-state index contributed by atoms with van der Waals surface area (Å²) < 4.78 is 5.07. The molecule has 2 aromatic heterocycles. The fraction of sp³-hybridized carbons (Fsp3) is 0.556. The quantitative estimate of drug-likeness (QED) is 0.886. The summed E-state index contributed by atoms with van der Waals surface area (Å²) in [6.45, 7) is 3.18. The van der Waals surface area contributed by atoms with Crippen LogP contribution in [0.5, 0.6) is 0 Å². The van der Waals surface area contributed by atoms with Crippen molar-refractivity contribution in [1.29, 1.82) is 0 Å². The number of carbonyl (C=O) groups excluding carboxylic acids is 1. The van der Waals surface area contributed by atoms with E-state index in [1.165, 1.54) is 0 Å². The molecule has 1 N–H and O–H groups in total. The van der Waals surface area contributed by atoms with E-state index in [0.717, 1.165) is 43.5 Å². The Morgan fingerprint density at radius 2 is 2.31 bits per heavy atom. The van der Waals surface area contributed by atoms with Gasteiger partial charge < -0.3 is 14.4 Å². The zero-order valence-electron chi connectivity index (χ0n) is 14.7. The largest absolute Gasteiger partial charge is 0.360 e. The van der Waals surface area contributed by atoms with Crippen LogP contribution in [-0.2, 0) is 23.1 Å². The molecule has 0 saturated carbocycles. The number of hydrogen-bond donors (Lipinski definition) is 1. The Bertz CT molecular complexity index is 906. The number of aromatic nitrogens is 3. The lowest BCUT2D eigenvalue weighted by Gasteiger charge is -2.40. The van der Waals surface area contributed by atoms with E-state index in [2.05, 4.69) is 15.1 Å². The van der Waals surface area contributed by atoms with Gasteiger partial charge in [-0.05, 0) is 32.6 Å². The third-order valence-electron chi connectivity index (χ3n) is 5.53. The third kappa shape index (κ3) is 3.05. The molecule has 4 rings (SSSR count). The van der Waals surface area contributed by atoms with Gasteiger partial charge in [0.25, 0.3) is 5.56 Å². The van der Waals surface area contributed by atoms with Crippen molar-refractivity contribution in [2.75, 3.05) is 13.1 Å². The number of amides is 1. The van der Waals surface area contributed by atoms with Crippen LogP contribution in [-0.4, -0.2) is 39.0 Å². The highest BCUT2D eigenvalue weighted by molar-refractivity contribution is 6.29. The summed E-state index contributed by atoms with van der Waals surface area (Å²) in [6, 6.07) is 1.64. The van der Waals surface area contributed by atoms with Gasteiger partial charge in [0.15, 0.2) is 5.15 Å². The summed E-state index contributed by atoms with van der Waals surface area (Å²) in [5, 5.41) is 3.94. The molecule has 8 heteroatoms. The van der Waals surface area contributed by atoms with Gasteiger partial charge in [-0.15, -0.1) is 0 Å². The molecule has 1 spiro atoms. The molecule has 1 unspecified atom stereocenters. The van der Waals surface area contributed by atoms with Gasteiger partial charge in [0.2, 0.25) is 5.91 Å². The highest BCUT2D eigenvalue weighted by Gasteiger charge is 2.45. The first kappa shape index (κ1) is 17.3. The molecule has 1 aliphatic carbocycles. The molecular weight excluding hydrogens is 356 g/mol. The van der Waals surface area contributed by atoms with Crippen LogP contribution in [0.25, 0.3) is 0 Å². The standard InChI is InChI=1S/C18H21ClN4O3/c1-11-20-16-13(17(25)21-11)5-7-18(16)6-2-8-23(10-18)15(24)4-3-12-9-14(19)22-26-12/h9H,2-8,10H2,1H3,(H,20,21,25). The molecule has 7 nitrogen and oxygen atoms in total. The van der Waals surface area contributed by atoms with Gasteiger partial charge in [-0.2, -0.15) is 0 Å². The van der Waals surface area contributed by atoms with Crippen molar-refractivity contribution < 1.29 is 9.32 Å². The first-order chi connectivity index (χ1) is 12.5. The van der Waals surface area contributed by atoms with Gasteiger partial charge in [-0.25, -0.2) is 4.98 Å². The van der Waals surface area contributed by atoms with Gasteiger partial charge in [0.1, 0.15) is 11.6 Å². The molecule has 0 bridgehead atoms. The van der Waals surface area contributed by atoms with Gasteiger partial charge in [-0.1, -0.05) is 16.8 Å². The summed E-state index contributed by atoms with van der Waals surface area (Å²) in [7, 11) is 0. The molecular formula is C18H21ClN4O3. The SMILES string of the molecule is Cc1nc2c(c(=O)[nH]1)CCC21CCCN(C(=O)CCc2cc(Cl)no2)C1. The highest BCUT2D eigenvalue weighted by atomic mass is 35.5. The number of carbonyl (C=O) groups is 1. The zero-order valence-corrected chi connectivity index (χ0v) is 15.4. The Labute approximate surface area is 155 Å². The predicted molar refractivity (Wildman–Crippen MR) is 95.2 cm³/mol. The van der Waals surface area contributed by atoms with Crippen LogP contribution in [0.4, 0.5) is 0 Å². The Morgan fingerprint density at radius 1 is 1.46 bits per heavy atom. The number of likely N-dealkylation sites (tertiary alicyclic amines) is 1. The number of rotatable bonds is 3. The van der Waals surface area contributed by atoms with Gasteiger partial charge in [0.05, 0.1) is 5.69 Å². The average Bonchev–Trinajstić information content (AvgIpc) is 3.18. The highest BCUT2D eigenvalue weighted by Crippen LogP contribution is 2.43. The van der Waals surface area contributed by atoms with Crippen molar-refractivity contribution in [3.05, 3.63) is 44.4 Å². The molecule has 26 heavy (non-hydrogen) atoms. The van der Waals surface area contributed by atoms with Crippen LogP contribution in [0.1, 0.15) is 48.5 Å². The number of aromatic amines is 1. The first-order valence-corrected chi connectivity index (χ1v) is 9.34. The van der Waals surface area contributed by atoms with Crippen LogP contribution in [0.2, 0.25) is 5.15 Å². The Morgan fingerprint density at radius 3 is 3.08 bits per heavy atom. The summed E-state index contributed by atoms with van der Waals surface area (Å²) in [5.74, 6) is 1.34. The third-order valence-corrected chi connectivity index (χ3v) is 5.71. The number of fused-ring (bicyclic) bond motifs is 2. The predicted octanol–water partition coefficient (Wildman–Crippen LogP) is 2.16. The van der Waals surface area contributed by atoms with Crippen molar-refractivity contribution in [2.45, 2.75) is 50.9 Å². The van der Waals surface area contributed by atoms with Gasteiger partial charge >= 0.3 is 0 Å². The van der Waals surface area contributed by atoms with Crippen LogP contribution < -0.4 is 5.56 Å². The van der Waals surface area contributed by atoms with E-state index in [1.54, 1.807) is 6.07 Å². The molecule has 1 saturated heterocycles. The van der Waals surface area contributed by atoms with Gasteiger partial charge in [-0.3, -0.25) is 9.59 Å². The fourth-order valence-electron chi connectivity index (χ4n) is 4.30. The van der Waals surface area contributed by atoms with Crippen molar-refractivity contribution in [1.82, 2.24) is 20.0 Å². The number of H-pyrrole nitrogens is 1. The molecule has 2 aliphatic rings. The van der Waals surface area contributed by atoms with Crippen LogP contribution >= 0.6 is 11.6 Å². The van der Waals surface area contributed by atoms with Crippen molar-refractivity contribution in [3.8, 4) is 0 Å². The van der Waals surface area contributed by atoms with E-state index in [-0.39, 0.29) is 16.9 Å². The van der Waals surface area contributed by atoms with Crippen LogP contribution in [0.15, 0.2) is 15.4 Å². The molecule has 1 fully saturated rings. The lowest BCUT2D eigenvalue weighted by atomic mass is 9.77. The maximum atomic E-state index is 12.7. The molecule has 0 aromatic carbocycles. The van der Waals surface area contributed by atoms with E-state index in [1.807, 2.05) is 11.8 Å². The monoisotopic (exact) mass is 376 g/mol. The minimum atomic E-state index is -0.183. The Kier molecular flexibility index (Phi) is 4.34. The minimum absolute atomic E-state index is 0.0324. The molecule has 1 amide bonds. The number of nitrogens with one attached hydrogen (secondary N) is 1. The van der Waals surface area contributed by atoms with E-state index in [4.69, 9.17) is 16.1 Å². The minimum Gasteiger partial charge on any atom is -0.360 e. The number of piperidine rings is 1. The maximum Gasteiger partial charge on any atom is 0.254 e. The van der Waals surface area contributed by atoms with Crippen molar-refractivity contribution in [3.63, 3.8) is 0 Å². The molecule has 3 heterocycles. The van der Waals surface area contributed by atoms with E-state index in [0.29, 0.717) is 36.1 Å². The molecule has 138 valence electrons. The fourth-order valence-corrected chi connectivity index (χ4v) is 4.46. The normalized spacial score (nSPS) is 22.0. The first-order valence-electron chi connectivity index (χ1n) is 8.96. The topological polar surface area (TPSA) is 92.1 Å². The van der Waals surface area contributed by atoms with E-state index in [9.17, 15) is 9.59 Å². The van der Waals surface area contributed by atoms with Crippen LogP contribution in [0, 0.1) is 6.92 Å². The lowest BCUT2D eigenvalue weighted by Crippen LogP contribution is -2.48. The van der Waals surface area contributed by atoms with Crippen molar-refractivity contribution >= 4 is 17.5 Å². The maximum absolute atomic E-state index is 12.7. The summed E-state index contributed by atoms with van der Waals surface area (Å²) in [5.41, 5.74) is 1.48. The summed E-state index contributed by atoms with van der Waals surface area (Å²) in [6.07, 6.45) is 4.34. The Hall–Kier alpha value is -2.15. The number of nitrogens with zero attached hydrogens (tertiary/aromatic N) is 3. The molecule has 1 aliphatic heterocycles. The molecule has 0 radical (unpaired) electrons. The van der Waals surface area contributed by atoms with E-state index < -0.39 is 0 Å². The van der Waals surface area contributed by atoms with E-state index >= 15 is 0 Å².